The van der Waals surface area contributed by atoms with Crippen LogP contribution in [-0.4, -0.2) is 88.8 Å². The number of ether oxygens (including phenoxy) is 1. The predicted octanol–water partition coefficient (Wildman–Crippen LogP) is 3.85. The number of rotatable bonds is 6. The number of carbonyl (C=O) groups is 1. The maximum absolute atomic E-state index is 14.5. The molecule has 1 aliphatic carbocycles. The molecular formula is C33H41FN6O2. The third-order valence-corrected chi connectivity index (χ3v) is 11.0. The number of amides is 1. The molecule has 5 aliphatic heterocycles. The summed E-state index contributed by atoms with van der Waals surface area (Å²) < 4.78 is 20.9. The van der Waals surface area contributed by atoms with E-state index in [1.165, 1.54) is 47.7 Å². The van der Waals surface area contributed by atoms with Gasteiger partial charge in [0, 0.05) is 43.9 Å². The molecule has 0 bridgehead atoms. The van der Waals surface area contributed by atoms with E-state index in [0.717, 1.165) is 76.3 Å². The molecular weight excluding hydrogens is 531 g/mol. The van der Waals surface area contributed by atoms with Gasteiger partial charge >= 0.3 is 6.01 Å². The van der Waals surface area contributed by atoms with Crippen molar-refractivity contribution >= 4 is 17.4 Å². The second-order valence-corrected chi connectivity index (χ2v) is 13.2. The molecule has 6 heterocycles. The molecule has 1 amide bonds. The summed E-state index contributed by atoms with van der Waals surface area (Å²) in [5.41, 5.74) is 6.34. The third kappa shape index (κ3) is 4.21. The van der Waals surface area contributed by atoms with Crippen molar-refractivity contribution in [3.8, 4) is 6.01 Å². The summed E-state index contributed by atoms with van der Waals surface area (Å²) in [6.07, 6.45) is 9.84. The van der Waals surface area contributed by atoms with Crippen molar-refractivity contribution in [2.24, 2.45) is 0 Å². The molecule has 4 fully saturated rings. The second kappa shape index (κ2) is 10.2. The molecule has 222 valence electrons. The third-order valence-electron chi connectivity index (χ3n) is 11.0. The molecule has 1 aromatic heterocycles. The monoisotopic (exact) mass is 572 g/mol. The Balaban J connectivity index is 1.11. The Morgan fingerprint density at radius 1 is 1.07 bits per heavy atom. The van der Waals surface area contributed by atoms with Crippen molar-refractivity contribution in [2.45, 2.75) is 88.1 Å². The van der Waals surface area contributed by atoms with Gasteiger partial charge in [0.15, 0.2) is 0 Å². The molecule has 6 aliphatic rings. The van der Waals surface area contributed by atoms with E-state index in [9.17, 15) is 9.18 Å². The molecule has 8 rings (SSSR count). The van der Waals surface area contributed by atoms with E-state index in [0.29, 0.717) is 25.6 Å². The first-order valence-corrected chi connectivity index (χ1v) is 16.0. The van der Waals surface area contributed by atoms with Gasteiger partial charge in [-0.1, -0.05) is 18.7 Å². The lowest BCUT2D eigenvalue weighted by Gasteiger charge is -2.48. The Bertz CT molecular complexity index is 1420. The van der Waals surface area contributed by atoms with E-state index in [1.807, 2.05) is 4.90 Å². The summed E-state index contributed by atoms with van der Waals surface area (Å²) >= 11 is 0. The first-order valence-electron chi connectivity index (χ1n) is 16.0. The molecule has 0 spiro atoms. The maximum atomic E-state index is 14.5. The van der Waals surface area contributed by atoms with Crippen LogP contribution in [0.25, 0.3) is 0 Å². The van der Waals surface area contributed by atoms with Crippen molar-refractivity contribution in [2.75, 3.05) is 49.1 Å². The summed E-state index contributed by atoms with van der Waals surface area (Å²) in [6.45, 7) is 8.75. The molecule has 0 radical (unpaired) electrons. The normalized spacial score (nSPS) is 29.9. The summed E-state index contributed by atoms with van der Waals surface area (Å²) in [7, 11) is 0. The molecule has 1 aromatic carbocycles. The number of likely N-dealkylation sites (tertiary alicyclic amines) is 1. The van der Waals surface area contributed by atoms with Gasteiger partial charge in [0.05, 0.1) is 29.9 Å². The number of aryl methyl sites for hydroxylation is 1. The van der Waals surface area contributed by atoms with Crippen LogP contribution in [0.15, 0.2) is 30.9 Å². The minimum absolute atomic E-state index is 0.0147. The van der Waals surface area contributed by atoms with Crippen LogP contribution in [0.3, 0.4) is 0 Å². The zero-order valence-electron chi connectivity index (χ0n) is 24.4. The topological polar surface area (TPSA) is 65.0 Å². The lowest BCUT2D eigenvalue weighted by atomic mass is 9.89. The van der Waals surface area contributed by atoms with Gasteiger partial charge in [-0.25, -0.2) is 4.39 Å². The molecule has 0 saturated carbocycles. The van der Waals surface area contributed by atoms with Gasteiger partial charge in [-0.2, -0.15) is 9.97 Å². The summed E-state index contributed by atoms with van der Waals surface area (Å²) in [4.78, 5) is 31.6. The second-order valence-electron chi connectivity index (χ2n) is 13.2. The molecule has 42 heavy (non-hydrogen) atoms. The molecule has 2 aromatic rings. The van der Waals surface area contributed by atoms with Crippen LogP contribution in [-0.2, 0) is 30.6 Å². The van der Waals surface area contributed by atoms with Crippen LogP contribution in [0.2, 0.25) is 0 Å². The van der Waals surface area contributed by atoms with Crippen molar-refractivity contribution in [3.63, 3.8) is 0 Å². The fourth-order valence-corrected chi connectivity index (χ4v) is 8.86. The van der Waals surface area contributed by atoms with Crippen molar-refractivity contribution < 1.29 is 13.9 Å². The van der Waals surface area contributed by atoms with Gasteiger partial charge in [0.2, 0.25) is 5.91 Å². The van der Waals surface area contributed by atoms with E-state index in [4.69, 9.17) is 14.7 Å². The van der Waals surface area contributed by atoms with Gasteiger partial charge < -0.3 is 19.4 Å². The van der Waals surface area contributed by atoms with Crippen molar-refractivity contribution in [1.82, 2.24) is 19.8 Å². The van der Waals surface area contributed by atoms with Gasteiger partial charge in [0.1, 0.15) is 18.6 Å². The van der Waals surface area contributed by atoms with Crippen LogP contribution in [0.5, 0.6) is 6.01 Å². The molecule has 9 heteroatoms. The van der Waals surface area contributed by atoms with E-state index in [1.54, 1.807) is 0 Å². The number of nitrogens with zero attached hydrogens (tertiary/aromatic N) is 6. The van der Waals surface area contributed by atoms with Gasteiger partial charge in [-0.3, -0.25) is 9.69 Å². The average Bonchev–Trinajstić information content (AvgIpc) is 3.64. The van der Waals surface area contributed by atoms with E-state index < -0.39 is 6.17 Å². The van der Waals surface area contributed by atoms with Gasteiger partial charge in [0.25, 0.3) is 0 Å². The zero-order chi connectivity index (χ0) is 28.4. The Hall–Kier alpha value is -3.20. The summed E-state index contributed by atoms with van der Waals surface area (Å²) in [6, 6.07) is 7.64. The van der Waals surface area contributed by atoms with Crippen LogP contribution >= 0.6 is 0 Å². The smallest absolute Gasteiger partial charge is 0.318 e. The first kappa shape index (κ1) is 26.4. The minimum Gasteiger partial charge on any atom is -0.461 e. The van der Waals surface area contributed by atoms with Gasteiger partial charge in [-0.15, -0.1) is 0 Å². The number of carbonyl (C=O) groups excluding carboxylic acids is 1. The number of aromatic nitrogens is 2. The highest BCUT2D eigenvalue weighted by Crippen LogP contribution is 2.43. The number of hydrogen-bond donors (Lipinski definition) is 0. The first-order chi connectivity index (χ1) is 20.5. The quantitative estimate of drug-likeness (QED) is 0.488. The van der Waals surface area contributed by atoms with Crippen LogP contribution in [0.1, 0.15) is 60.9 Å². The number of benzene rings is 1. The van der Waals surface area contributed by atoms with Crippen molar-refractivity contribution in [3.05, 3.63) is 53.2 Å². The number of halogens is 1. The number of hydrogen-bond acceptors (Lipinski definition) is 7. The Kier molecular flexibility index (Phi) is 6.43. The number of alkyl halides is 1. The SMILES string of the molecule is C=CC(=O)N1CC[C@@H]2[C@H]1CN2c1nc(OC[C@@]23CCCN2C[C@H](F)C3)nc2c1CCN(c1cccc3c1CCCC3)C2. The molecule has 4 saturated heterocycles. The molecule has 8 nitrogen and oxygen atoms in total. The van der Waals surface area contributed by atoms with Crippen LogP contribution in [0.4, 0.5) is 15.9 Å². The van der Waals surface area contributed by atoms with E-state index >= 15 is 0 Å². The fraction of sp³-hybridized carbons (Fsp3) is 0.606. The Labute approximate surface area is 247 Å². The number of anilines is 2. The van der Waals surface area contributed by atoms with Crippen molar-refractivity contribution in [1.29, 1.82) is 0 Å². The highest BCUT2D eigenvalue weighted by atomic mass is 19.1. The average molecular weight is 573 g/mol. The summed E-state index contributed by atoms with van der Waals surface area (Å²) in [5.74, 6) is 0.982. The van der Waals surface area contributed by atoms with Crippen LogP contribution in [0, 0.1) is 0 Å². The maximum Gasteiger partial charge on any atom is 0.318 e. The Morgan fingerprint density at radius 3 is 2.88 bits per heavy atom. The standard InChI is InChI=1S/C33H41FN6O2/c1-2-30(41)39-16-12-28-29(39)20-40(28)31-25-11-15-37(27-10-5-8-22-7-3-4-9-24(22)27)19-26(25)35-32(36-31)42-21-33-13-6-14-38(33)18-23(34)17-33/h2,5,8,10,23,28-29H,1,3-4,6-7,9,11-21H2/t23-,28-,29-,33+/m1/s1. The van der Waals surface area contributed by atoms with E-state index in [-0.39, 0.29) is 23.5 Å². The molecule has 0 unspecified atom stereocenters. The van der Waals surface area contributed by atoms with E-state index in [2.05, 4.69) is 39.5 Å². The fourth-order valence-electron chi connectivity index (χ4n) is 8.86. The largest absolute Gasteiger partial charge is 0.461 e. The zero-order valence-corrected chi connectivity index (χ0v) is 24.4. The minimum atomic E-state index is -0.791. The lowest BCUT2D eigenvalue weighted by Crippen LogP contribution is -2.63. The molecule has 4 atom stereocenters. The Morgan fingerprint density at radius 2 is 1.98 bits per heavy atom. The number of fused-ring (bicyclic) bond motifs is 4. The highest BCUT2D eigenvalue weighted by molar-refractivity contribution is 5.88. The highest BCUT2D eigenvalue weighted by Gasteiger charge is 2.51. The van der Waals surface area contributed by atoms with Crippen LogP contribution < -0.4 is 14.5 Å². The predicted molar refractivity (Wildman–Crippen MR) is 160 cm³/mol. The lowest BCUT2D eigenvalue weighted by molar-refractivity contribution is -0.127. The molecule has 0 N–H and O–H groups in total. The van der Waals surface area contributed by atoms with Gasteiger partial charge in [-0.05, 0) is 81.2 Å². The summed E-state index contributed by atoms with van der Waals surface area (Å²) in [5, 5.41) is 0.